The molecule has 0 saturated heterocycles. The van der Waals surface area contributed by atoms with Crippen molar-refractivity contribution < 1.29 is 5.11 Å². The van der Waals surface area contributed by atoms with Gasteiger partial charge in [0.15, 0.2) is 0 Å². The smallest absolute Gasteiger partial charge is 0.0734 e. The lowest BCUT2D eigenvalue weighted by Crippen LogP contribution is -2.06. The fraction of sp³-hybridized carbons (Fsp3) is 0.300. The van der Waals surface area contributed by atoms with Crippen LogP contribution in [0.2, 0.25) is 0 Å². The minimum Gasteiger partial charge on any atom is -0.395 e. The molecule has 0 heterocycles. The molecule has 0 aliphatic carbocycles. The highest BCUT2D eigenvalue weighted by Crippen LogP contribution is 2.14. The zero-order valence-electron chi connectivity index (χ0n) is 7.07. The van der Waals surface area contributed by atoms with E-state index in [9.17, 15) is 0 Å². The maximum absolute atomic E-state index is 8.82. The van der Waals surface area contributed by atoms with Crippen LogP contribution in [0.15, 0.2) is 28.7 Å². The summed E-state index contributed by atoms with van der Waals surface area (Å²) < 4.78 is 1.000. The van der Waals surface area contributed by atoms with Gasteiger partial charge in [-0.25, -0.2) is 0 Å². The topological polar surface area (TPSA) is 44.0 Å². The van der Waals surface area contributed by atoms with E-state index < -0.39 is 0 Å². The number of aliphatic hydroxyl groups excluding tert-OH is 1. The van der Waals surface area contributed by atoms with Gasteiger partial charge in [-0.1, -0.05) is 28.1 Å². The normalized spacial score (nSPS) is 12.1. The summed E-state index contributed by atoms with van der Waals surface area (Å²) in [6.07, 6.45) is 0.604. The summed E-state index contributed by atoms with van der Waals surface area (Å²) in [7, 11) is 0. The van der Waals surface area contributed by atoms with Gasteiger partial charge >= 0.3 is 0 Å². The zero-order chi connectivity index (χ0) is 9.68. The van der Waals surface area contributed by atoms with Gasteiger partial charge in [-0.15, -0.1) is 0 Å². The highest BCUT2D eigenvalue weighted by Gasteiger charge is 2.06. The summed E-state index contributed by atoms with van der Waals surface area (Å²) in [5.74, 6) is -0.297. The molecule has 0 spiro atoms. The highest BCUT2D eigenvalue weighted by molar-refractivity contribution is 9.10. The van der Waals surface area contributed by atoms with Crippen LogP contribution in [0.4, 0.5) is 0 Å². The number of aliphatic hydroxyl groups is 1. The molecule has 13 heavy (non-hydrogen) atoms. The highest BCUT2D eigenvalue weighted by atomic mass is 79.9. The first-order valence-corrected chi connectivity index (χ1v) is 4.80. The summed E-state index contributed by atoms with van der Waals surface area (Å²) in [5, 5.41) is 17.5. The molecule has 0 fully saturated rings. The van der Waals surface area contributed by atoms with Crippen LogP contribution >= 0.6 is 15.9 Å². The van der Waals surface area contributed by atoms with Crippen LogP contribution in [0.3, 0.4) is 0 Å². The summed E-state index contributed by atoms with van der Waals surface area (Å²) >= 11 is 3.35. The van der Waals surface area contributed by atoms with E-state index in [0.717, 1.165) is 10.0 Å². The van der Waals surface area contributed by atoms with E-state index in [4.69, 9.17) is 10.4 Å². The Hall–Kier alpha value is -0.850. The van der Waals surface area contributed by atoms with Crippen LogP contribution in [0.5, 0.6) is 0 Å². The molecule has 0 aliphatic heterocycles. The van der Waals surface area contributed by atoms with Gasteiger partial charge in [-0.3, -0.25) is 0 Å². The van der Waals surface area contributed by atoms with Gasteiger partial charge in [0.05, 0.1) is 18.6 Å². The largest absolute Gasteiger partial charge is 0.395 e. The zero-order valence-corrected chi connectivity index (χ0v) is 8.66. The Morgan fingerprint density at radius 3 is 2.85 bits per heavy atom. The lowest BCUT2D eigenvalue weighted by molar-refractivity contribution is 0.255. The fourth-order valence-corrected chi connectivity index (χ4v) is 1.55. The van der Waals surface area contributed by atoms with Crippen LogP contribution in [0.25, 0.3) is 0 Å². The van der Waals surface area contributed by atoms with Crippen molar-refractivity contribution in [1.82, 2.24) is 0 Å². The average Bonchev–Trinajstić information content (AvgIpc) is 2.14. The van der Waals surface area contributed by atoms with Crippen molar-refractivity contribution in [2.24, 2.45) is 5.92 Å². The molecule has 68 valence electrons. The Balaban J connectivity index is 2.69. The van der Waals surface area contributed by atoms with Crippen LogP contribution in [-0.4, -0.2) is 11.7 Å². The third-order valence-electron chi connectivity index (χ3n) is 1.77. The number of benzene rings is 1. The van der Waals surface area contributed by atoms with Crippen molar-refractivity contribution >= 4 is 15.9 Å². The van der Waals surface area contributed by atoms with Crippen LogP contribution in [0, 0.1) is 17.2 Å². The van der Waals surface area contributed by atoms with E-state index in [1.54, 1.807) is 0 Å². The van der Waals surface area contributed by atoms with Crippen molar-refractivity contribution in [1.29, 1.82) is 5.26 Å². The Kier molecular flexibility index (Phi) is 3.94. The van der Waals surface area contributed by atoms with Gasteiger partial charge in [-0.05, 0) is 24.1 Å². The van der Waals surface area contributed by atoms with Crippen molar-refractivity contribution in [2.75, 3.05) is 6.61 Å². The lowest BCUT2D eigenvalue weighted by atomic mass is 10.0. The molecule has 1 aromatic rings. The molecule has 1 N–H and O–H groups in total. The predicted octanol–water partition coefficient (Wildman–Crippen LogP) is 2.12. The number of rotatable bonds is 3. The minimum absolute atomic E-state index is 0.0803. The van der Waals surface area contributed by atoms with Gasteiger partial charge in [-0.2, -0.15) is 5.26 Å². The molecule has 2 nitrogen and oxygen atoms in total. The van der Waals surface area contributed by atoms with Gasteiger partial charge in [0.25, 0.3) is 0 Å². The molecule has 1 rings (SSSR count). The van der Waals surface area contributed by atoms with E-state index in [1.165, 1.54) is 0 Å². The second-order valence-corrected chi connectivity index (χ2v) is 3.76. The van der Waals surface area contributed by atoms with Crippen molar-refractivity contribution in [3.05, 3.63) is 34.3 Å². The second kappa shape index (κ2) is 5.00. The third-order valence-corrected chi connectivity index (χ3v) is 2.27. The fourth-order valence-electron chi connectivity index (χ4n) is 1.10. The molecular weight excluding hydrogens is 230 g/mol. The predicted molar refractivity (Wildman–Crippen MR) is 54.0 cm³/mol. The van der Waals surface area contributed by atoms with Gasteiger partial charge < -0.3 is 5.11 Å². The van der Waals surface area contributed by atoms with E-state index >= 15 is 0 Å². The molecule has 1 aromatic carbocycles. The third kappa shape index (κ3) is 3.17. The van der Waals surface area contributed by atoms with E-state index in [0.29, 0.717) is 6.42 Å². The Bertz CT molecular complexity index is 319. The first kappa shape index (κ1) is 10.2. The first-order chi connectivity index (χ1) is 6.26. The molecule has 0 bridgehead atoms. The standard InChI is InChI=1S/C10H10BrNO/c11-10-3-1-2-8(5-10)4-9(6-12)7-13/h1-3,5,9,13H,4,7H2. The summed E-state index contributed by atoms with van der Waals surface area (Å²) in [4.78, 5) is 0. The van der Waals surface area contributed by atoms with E-state index in [1.807, 2.05) is 24.3 Å². The van der Waals surface area contributed by atoms with E-state index in [2.05, 4.69) is 22.0 Å². The molecule has 1 unspecified atom stereocenters. The van der Waals surface area contributed by atoms with Gasteiger partial charge in [0.1, 0.15) is 0 Å². The van der Waals surface area contributed by atoms with Gasteiger partial charge in [0.2, 0.25) is 0 Å². The Morgan fingerprint density at radius 2 is 2.31 bits per heavy atom. The lowest BCUT2D eigenvalue weighted by Gasteiger charge is -2.05. The number of nitrogens with zero attached hydrogens (tertiary/aromatic N) is 1. The molecule has 0 aliphatic rings. The molecule has 3 heteroatoms. The molecule has 0 amide bonds. The first-order valence-electron chi connectivity index (χ1n) is 4.01. The molecule has 0 aromatic heterocycles. The van der Waals surface area contributed by atoms with Gasteiger partial charge in [0, 0.05) is 4.47 Å². The molecule has 0 radical (unpaired) electrons. The summed E-state index contributed by atoms with van der Waals surface area (Å²) in [6.45, 7) is -0.0803. The van der Waals surface area contributed by atoms with Crippen LogP contribution in [0.1, 0.15) is 5.56 Å². The number of halogens is 1. The molecule has 0 saturated carbocycles. The number of hydrogen-bond acceptors (Lipinski definition) is 2. The summed E-state index contributed by atoms with van der Waals surface area (Å²) in [5.41, 5.74) is 1.06. The quantitative estimate of drug-likeness (QED) is 0.879. The van der Waals surface area contributed by atoms with Crippen molar-refractivity contribution in [2.45, 2.75) is 6.42 Å². The monoisotopic (exact) mass is 239 g/mol. The minimum atomic E-state index is -0.297. The van der Waals surface area contributed by atoms with Crippen molar-refractivity contribution in [3.63, 3.8) is 0 Å². The van der Waals surface area contributed by atoms with Crippen LogP contribution < -0.4 is 0 Å². The average molecular weight is 240 g/mol. The summed E-state index contributed by atoms with van der Waals surface area (Å²) in [6, 6.07) is 9.82. The molecule has 1 atom stereocenters. The number of hydrogen-bond donors (Lipinski definition) is 1. The van der Waals surface area contributed by atoms with E-state index in [-0.39, 0.29) is 12.5 Å². The van der Waals surface area contributed by atoms with Crippen LogP contribution in [-0.2, 0) is 6.42 Å². The van der Waals surface area contributed by atoms with Crippen molar-refractivity contribution in [3.8, 4) is 6.07 Å². The second-order valence-electron chi connectivity index (χ2n) is 2.84. The SMILES string of the molecule is N#CC(CO)Cc1cccc(Br)c1. The maximum atomic E-state index is 8.82. The maximum Gasteiger partial charge on any atom is 0.0734 e. The Labute approximate surface area is 85.9 Å². The number of nitriles is 1. The molecular formula is C10H10BrNO. The Morgan fingerprint density at radius 1 is 1.54 bits per heavy atom.